The lowest BCUT2D eigenvalue weighted by Gasteiger charge is -2.22. The molecule has 0 spiro atoms. The Bertz CT molecular complexity index is 414. The fourth-order valence-electron chi connectivity index (χ4n) is 2.37. The highest BCUT2D eigenvalue weighted by atomic mass is 16.5. The molecule has 0 aromatic heterocycles. The van der Waals surface area contributed by atoms with Crippen molar-refractivity contribution in [2.45, 2.75) is 25.8 Å². The summed E-state index contributed by atoms with van der Waals surface area (Å²) < 4.78 is 5.31. The molecule has 0 atom stereocenters. The summed E-state index contributed by atoms with van der Waals surface area (Å²) in [6, 6.07) is 7.84. The van der Waals surface area contributed by atoms with Crippen molar-refractivity contribution in [1.82, 2.24) is 5.32 Å². The average Bonchev–Trinajstić information content (AvgIpc) is 2.47. The van der Waals surface area contributed by atoms with Crippen LogP contribution in [-0.2, 0) is 22.5 Å². The van der Waals surface area contributed by atoms with Crippen LogP contribution in [0.15, 0.2) is 24.3 Å². The molecule has 1 fully saturated rings. The third-order valence-electron chi connectivity index (χ3n) is 3.62. The lowest BCUT2D eigenvalue weighted by molar-refractivity contribution is -0.120. The minimum atomic E-state index is 0.0763. The predicted molar refractivity (Wildman–Crippen MR) is 74.6 cm³/mol. The molecule has 4 heteroatoms. The molecular formula is C15H22N2O2. The predicted octanol–water partition coefficient (Wildman–Crippen LogP) is 1.23. The average molecular weight is 262 g/mol. The molecule has 1 amide bonds. The highest BCUT2D eigenvalue weighted by Crippen LogP contribution is 2.13. The van der Waals surface area contributed by atoms with Gasteiger partial charge in [-0.05, 0) is 29.9 Å². The number of benzene rings is 1. The minimum Gasteiger partial charge on any atom is -0.381 e. The summed E-state index contributed by atoms with van der Waals surface area (Å²) in [6.07, 6.45) is 2.50. The van der Waals surface area contributed by atoms with Gasteiger partial charge in [-0.3, -0.25) is 4.79 Å². The zero-order valence-corrected chi connectivity index (χ0v) is 11.2. The van der Waals surface area contributed by atoms with Crippen LogP contribution in [0.25, 0.3) is 0 Å². The third kappa shape index (κ3) is 4.33. The van der Waals surface area contributed by atoms with Gasteiger partial charge in [0, 0.05) is 26.3 Å². The standard InChI is InChI=1S/C15H22N2O2/c16-10-14-4-2-1-3-13(14)9-15(18)17-11-12-5-7-19-8-6-12/h1-4,12H,5-11,16H2,(H,17,18). The van der Waals surface area contributed by atoms with Gasteiger partial charge in [0.1, 0.15) is 0 Å². The van der Waals surface area contributed by atoms with E-state index < -0.39 is 0 Å². The summed E-state index contributed by atoms with van der Waals surface area (Å²) in [5.74, 6) is 0.634. The van der Waals surface area contributed by atoms with Crippen molar-refractivity contribution >= 4 is 5.91 Å². The molecule has 0 aliphatic carbocycles. The van der Waals surface area contributed by atoms with Gasteiger partial charge in [-0.25, -0.2) is 0 Å². The minimum absolute atomic E-state index is 0.0763. The first-order chi connectivity index (χ1) is 9.29. The van der Waals surface area contributed by atoms with Crippen molar-refractivity contribution in [3.05, 3.63) is 35.4 Å². The van der Waals surface area contributed by atoms with Crippen LogP contribution in [-0.4, -0.2) is 25.7 Å². The zero-order chi connectivity index (χ0) is 13.5. The molecule has 19 heavy (non-hydrogen) atoms. The van der Waals surface area contributed by atoms with Gasteiger partial charge in [-0.2, -0.15) is 0 Å². The molecule has 1 aromatic rings. The molecule has 104 valence electrons. The Morgan fingerprint density at radius 1 is 1.26 bits per heavy atom. The van der Waals surface area contributed by atoms with Crippen molar-refractivity contribution in [2.75, 3.05) is 19.8 Å². The lowest BCUT2D eigenvalue weighted by atomic mass is 10.00. The van der Waals surface area contributed by atoms with Crippen molar-refractivity contribution in [1.29, 1.82) is 0 Å². The lowest BCUT2D eigenvalue weighted by Crippen LogP contribution is -2.33. The molecule has 1 saturated heterocycles. The molecule has 1 aromatic carbocycles. The zero-order valence-electron chi connectivity index (χ0n) is 11.2. The van der Waals surface area contributed by atoms with Crippen molar-refractivity contribution in [3.8, 4) is 0 Å². The number of hydrogen-bond donors (Lipinski definition) is 2. The molecule has 1 aliphatic heterocycles. The van der Waals surface area contributed by atoms with E-state index in [9.17, 15) is 4.79 Å². The molecular weight excluding hydrogens is 240 g/mol. The summed E-state index contributed by atoms with van der Waals surface area (Å²) in [4.78, 5) is 11.9. The number of carbonyl (C=O) groups is 1. The maximum Gasteiger partial charge on any atom is 0.224 e. The molecule has 2 rings (SSSR count). The van der Waals surface area contributed by atoms with Crippen molar-refractivity contribution in [2.24, 2.45) is 11.7 Å². The second-order valence-corrected chi connectivity index (χ2v) is 5.01. The summed E-state index contributed by atoms with van der Waals surface area (Å²) in [5.41, 5.74) is 7.74. The molecule has 1 heterocycles. The van der Waals surface area contributed by atoms with Gasteiger partial charge in [0.15, 0.2) is 0 Å². The Labute approximate surface area is 114 Å². The summed E-state index contributed by atoms with van der Waals surface area (Å²) in [6.45, 7) is 2.86. The van der Waals surface area contributed by atoms with Gasteiger partial charge in [0.05, 0.1) is 6.42 Å². The molecule has 0 unspecified atom stereocenters. The highest BCUT2D eigenvalue weighted by Gasteiger charge is 2.15. The number of nitrogens with two attached hydrogens (primary N) is 1. The molecule has 0 radical (unpaired) electrons. The number of carbonyl (C=O) groups excluding carboxylic acids is 1. The fraction of sp³-hybridized carbons (Fsp3) is 0.533. The summed E-state index contributed by atoms with van der Waals surface area (Å²) >= 11 is 0. The first-order valence-corrected chi connectivity index (χ1v) is 6.91. The van der Waals surface area contributed by atoms with E-state index in [1.54, 1.807) is 0 Å². The van der Waals surface area contributed by atoms with Crippen molar-refractivity contribution < 1.29 is 9.53 Å². The Morgan fingerprint density at radius 2 is 1.95 bits per heavy atom. The SMILES string of the molecule is NCc1ccccc1CC(=O)NCC1CCOCC1. The van der Waals surface area contributed by atoms with Crippen LogP contribution < -0.4 is 11.1 Å². The first kappa shape index (κ1) is 14.0. The Morgan fingerprint density at radius 3 is 2.63 bits per heavy atom. The molecule has 0 saturated carbocycles. The van der Waals surface area contributed by atoms with Crippen LogP contribution in [0, 0.1) is 5.92 Å². The van der Waals surface area contributed by atoms with Crippen LogP contribution in [0.2, 0.25) is 0 Å². The summed E-state index contributed by atoms with van der Waals surface area (Å²) in [7, 11) is 0. The number of ether oxygens (including phenoxy) is 1. The van der Waals surface area contributed by atoms with Gasteiger partial charge in [0.2, 0.25) is 5.91 Å². The van der Waals surface area contributed by atoms with E-state index >= 15 is 0 Å². The van der Waals surface area contributed by atoms with E-state index in [0.29, 0.717) is 18.9 Å². The van der Waals surface area contributed by atoms with E-state index in [4.69, 9.17) is 10.5 Å². The Balaban J connectivity index is 1.80. The van der Waals surface area contributed by atoms with E-state index in [2.05, 4.69) is 5.32 Å². The number of hydrogen-bond acceptors (Lipinski definition) is 3. The van der Waals surface area contributed by atoms with Crippen LogP contribution in [0.1, 0.15) is 24.0 Å². The topological polar surface area (TPSA) is 64.4 Å². The van der Waals surface area contributed by atoms with Crippen LogP contribution >= 0.6 is 0 Å². The molecule has 3 N–H and O–H groups in total. The van der Waals surface area contributed by atoms with E-state index in [1.807, 2.05) is 24.3 Å². The number of amides is 1. The van der Waals surface area contributed by atoms with Gasteiger partial charge >= 0.3 is 0 Å². The number of rotatable bonds is 5. The first-order valence-electron chi connectivity index (χ1n) is 6.91. The van der Waals surface area contributed by atoms with Gasteiger partial charge in [-0.15, -0.1) is 0 Å². The largest absolute Gasteiger partial charge is 0.381 e. The van der Waals surface area contributed by atoms with Gasteiger partial charge < -0.3 is 15.8 Å². The van der Waals surface area contributed by atoms with Crippen molar-refractivity contribution in [3.63, 3.8) is 0 Å². The van der Waals surface area contributed by atoms with Crippen LogP contribution in [0.3, 0.4) is 0 Å². The number of nitrogens with one attached hydrogen (secondary N) is 1. The highest BCUT2D eigenvalue weighted by molar-refractivity contribution is 5.78. The normalized spacial score (nSPS) is 16.3. The molecule has 0 bridgehead atoms. The second kappa shape index (κ2) is 7.26. The van der Waals surface area contributed by atoms with Crippen LogP contribution in [0.4, 0.5) is 0 Å². The third-order valence-corrected chi connectivity index (χ3v) is 3.62. The smallest absolute Gasteiger partial charge is 0.224 e. The molecule has 4 nitrogen and oxygen atoms in total. The maximum absolute atomic E-state index is 11.9. The molecule has 1 aliphatic rings. The fourth-order valence-corrected chi connectivity index (χ4v) is 2.37. The van der Waals surface area contributed by atoms with E-state index in [0.717, 1.165) is 43.7 Å². The van der Waals surface area contributed by atoms with E-state index in [1.165, 1.54) is 0 Å². The summed E-state index contributed by atoms with van der Waals surface area (Å²) in [5, 5.41) is 3.02. The van der Waals surface area contributed by atoms with Crippen LogP contribution in [0.5, 0.6) is 0 Å². The monoisotopic (exact) mass is 262 g/mol. The Hall–Kier alpha value is -1.39. The maximum atomic E-state index is 11.9. The van der Waals surface area contributed by atoms with Gasteiger partial charge in [0.25, 0.3) is 0 Å². The second-order valence-electron chi connectivity index (χ2n) is 5.01. The van der Waals surface area contributed by atoms with E-state index in [-0.39, 0.29) is 5.91 Å². The quantitative estimate of drug-likeness (QED) is 0.839. The Kier molecular flexibility index (Phi) is 5.36. The van der Waals surface area contributed by atoms with Gasteiger partial charge in [-0.1, -0.05) is 24.3 Å².